The average Bonchev–Trinajstić information content (AvgIpc) is 2.43. The monoisotopic (exact) mass is 244 g/mol. The van der Waals surface area contributed by atoms with E-state index in [2.05, 4.69) is 16.4 Å². The molecule has 2 rings (SSSR count). The molecule has 0 bridgehead atoms. The van der Waals surface area contributed by atoms with Gasteiger partial charge in [0.2, 0.25) is 0 Å². The lowest BCUT2D eigenvalue weighted by molar-refractivity contribution is 0.308. The number of nitrogens with one attached hydrogen (secondary N) is 1. The smallest absolute Gasteiger partial charge is 0.128 e. The van der Waals surface area contributed by atoms with E-state index in [1.807, 2.05) is 37.5 Å². The van der Waals surface area contributed by atoms with Gasteiger partial charge in [0, 0.05) is 11.6 Å². The number of fused-ring (bicyclic) bond motifs is 1. The third-order valence-electron chi connectivity index (χ3n) is 2.93. The van der Waals surface area contributed by atoms with Crippen molar-refractivity contribution in [2.24, 2.45) is 0 Å². The molecule has 0 radical (unpaired) electrons. The fraction of sp³-hybridized carbons (Fsp3) is 0.400. The standard InChI is InChI=1S/C15H20N2O/c1-16-10-3-2-4-12-18-15-9-5-8-14-13(15)7-6-11-17-14/h5-9,11,16H,2-4,10,12H2,1H3. The SMILES string of the molecule is CNCCCCCOc1cccc2ncccc12. The van der Waals surface area contributed by atoms with E-state index in [1.54, 1.807) is 0 Å². The van der Waals surface area contributed by atoms with Crippen LogP contribution in [0.25, 0.3) is 10.9 Å². The van der Waals surface area contributed by atoms with Gasteiger partial charge in [-0.05, 0) is 57.1 Å². The zero-order valence-electron chi connectivity index (χ0n) is 10.9. The summed E-state index contributed by atoms with van der Waals surface area (Å²) >= 11 is 0. The summed E-state index contributed by atoms with van der Waals surface area (Å²) in [5, 5.41) is 4.24. The maximum absolute atomic E-state index is 5.84. The summed E-state index contributed by atoms with van der Waals surface area (Å²) in [6.45, 7) is 1.86. The number of hydrogen-bond donors (Lipinski definition) is 1. The molecule has 0 aliphatic carbocycles. The molecule has 0 unspecified atom stereocenters. The van der Waals surface area contributed by atoms with Crippen molar-refractivity contribution in [2.45, 2.75) is 19.3 Å². The first-order valence-electron chi connectivity index (χ1n) is 6.53. The van der Waals surface area contributed by atoms with Crippen LogP contribution >= 0.6 is 0 Å². The van der Waals surface area contributed by atoms with Crippen molar-refractivity contribution >= 4 is 10.9 Å². The molecule has 1 N–H and O–H groups in total. The molecule has 1 heterocycles. The summed E-state index contributed by atoms with van der Waals surface area (Å²) in [5.41, 5.74) is 0.991. The molecule has 0 aliphatic heterocycles. The number of pyridine rings is 1. The van der Waals surface area contributed by atoms with Crippen LogP contribution < -0.4 is 10.1 Å². The lowest BCUT2D eigenvalue weighted by Crippen LogP contribution is -2.07. The molecule has 0 fully saturated rings. The second kappa shape index (κ2) is 6.97. The van der Waals surface area contributed by atoms with E-state index < -0.39 is 0 Å². The van der Waals surface area contributed by atoms with Gasteiger partial charge in [-0.1, -0.05) is 6.07 Å². The number of unbranched alkanes of at least 4 members (excludes halogenated alkanes) is 2. The second-order valence-electron chi connectivity index (χ2n) is 4.34. The van der Waals surface area contributed by atoms with Gasteiger partial charge in [0.25, 0.3) is 0 Å². The zero-order valence-corrected chi connectivity index (χ0v) is 10.9. The molecule has 2 aromatic rings. The number of nitrogens with zero attached hydrogens (tertiary/aromatic N) is 1. The fourth-order valence-corrected chi connectivity index (χ4v) is 1.96. The molecular weight excluding hydrogens is 224 g/mol. The third-order valence-corrected chi connectivity index (χ3v) is 2.93. The lowest BCUT2D eigenvalue weighted by Gasteiger charge is -2.08. The van der Waals surface area contributed by atoms with Crippen LogP contribution in [0.1, 0.15) is 19.3 Å². The summed E-state index contributed by atoms with van der Waals surface area (Å²) in [4.78, 5) is 4.32. The van der Waals surface area contributed by atoms with Crippen LogP contribution in [-0.4, -0.2) is 25.2 Å². The first-order chi connectivity index (χ1) is 8.92. The van der Waals surface area contributed by atoms with Crippen molar-refractivity contribution < 1.29 is 4.74 Å². The first kappa shape index (κ1) is 12.8. The summed E-state index contributed by atoms with van der Waals surface area (Å²) in [5.74, 6) is 0.939. The molecule has 0 saturated heterocycles. The van der Waals surface area contributed by atoms with Gasteiger partial charge in [-0.25, -0.2) is 0 Å². The number of ether oxygens (including phenoxy) is 1. The van der Waals surface area contributed by atoms with Crippen LogP contribution in [-0.2, 0) is 0 Å². The third kappa shape index (κ3) is 3.44. The molecule has 0 amide bonds. The van der Waals surface area contributed by atoms with Gasteiger partial charge in [-0.3, -0.25) is 4.98 Å². The minimum atomic E-state index is 0.776. The van der Waals surface area contributed by atoms with Gasteiger partial charge in [0.15, 0.2) is 0 Å². The van der Waals surface area contributed by atoms with Gasteiger partial charge in [-0.15, -0.1) is 0 Å². The quantitative estimate of drug-likeness (QED) is 0.760. The van der Waals surface area contributed by atoms with Crippen molar-refractivity contribution in [3.05, 3.63) is 36.5 Å². The van der Waals surface area contributed by atoms with Gasteiger partial charge in [0.1, 0.15) is 5.75 Å². The van der Waals surface area contributed by atoms with E-state index in [1.165, 1.54) is 12.8 Å². The highest BCUT2D eigenvalue weighted by molar-refractivity contribution is 5.84. The molecule has 1 aromatic carbocycles. The molecule has 0 aliphatic rings. The van der Waals surface area contributed by atoms with E-state index in [-0.39, 0.29) is 0 Å². The molecule has 0 atom stereocenters. The maximum Gasteiger partial charge on any atom is 0.128 e. The Hall–Kier alpha value is -1.61. The molecule has 0 spiro atoms. The molecule has 0 saturated carbocycles. The van der Waals surface area contributed by atoms with E-state index in [0.29, 0.717) is 0 Å². The predicted octanol–water partition coefficient (Wildman–Crippen LogP) is 3.00. The highest BCUT2D eigenvalue weighted by atomic mass is 16.5. The summed E-state index contributed by atoms with van der Waals surface area (Å²) in [6.07, 6.45) is 5.31. The van der Waals surface area contributed by atoms with Crippen molar-refractivity contribution in [2.75, 3.05) is 20.2 Å². The summed E-state index contributed by atoms with van der Waals surface area (Å²) < 4.78 is 5.84. The Morgan fingerprint density at radius 1 is 1.11 bits per heavy atom. The highest BCUT2D eigenvalue weighted by Crippen LogP contribution is 2.23. The molecule has 3 nitrogen and oxygen atoms in total. The number of hydrogen-bond acceptors (Lipinski definition) is 3. The van der Waals surface area contributed by atoms with E-state index in [4.69, 9.17) is 4.74 Å². The van der Waals surface area contributed by atoms with Crippen LogP contribution in [0.15, 0.2) is 36.5 Å². The number of rotatable bonds is 7. The Kier molecular flexibility index (Phi) is 4.97. The Morgan fingerprint density at radius 2 is 2.06 bits per heavy atom. The minimum absolute atomic E-state index is 0.776. The molecular formula is C15H20N2O. The van der Waals surface area contributed by atoms with Crippen LogP contribution in [0, 0.1) is 0 Å². The minimum Gasteiger partial charge on any atom is -0.493 e. The second-order valence-corrected chi connectivity index (χ2v) is 4.34. The van der Waals surface area contributed by atoms with Gasteiger partial charge in [-0.2, -0.15) is 0 Å². The van der Waals surface area contributed by atoms with E-state index >= 15 is 0 Å². The Morgan fingerprint density at radius 3 is 2.94 bits per heavy atom. The normalized spacial score (nSPS) is 10.7. The van der Waals surface area contributed by atoms with Crippen LogP contribution in [0.2, 0.25) is 0 Å². The van der Waals surface area contributed by atoms with Crippen LogP contribution in [0.5, 0.6) is 5.75 Å². The number of benzene rings is 1. The summed E-state index contributed by atoms with van der Waals surface area (Å²) in [7, 11) is 1.99. The Labute approximate surface area is 108 Å². The van der Waals surface area contributed by atoms with E-state index in [9.17, 15) is 0 Å². The average molecular weight is 244 g/mol. The Bertz CT molecular complexity index is 479. The summed E-state index contributed by atoms with van der Waals surface area (Å²) in [6, 6.07) is 10.0. The molecule has 3 heteroatoms. The van der Waals surface area contributed by atoms with Gasteiger partial charge >= 0.3 is 0 Å². The van der Waals surface area contributed by atoms with Crippen molar-refractivity contribution in [3.63, 3.8) is 0 Å². The molecule has 18 heavy (non-hydrogen) atoms. The predicted molar refractivity (Wildman–Crippen MR) is 75.0 cm³/mol. The molecule has 1 aromatic heterocycles. The van der Waals surface area contributed by atoms with Crippen LogP contribution in [0.3, 0.4) is 0 Å². The number of aromatic nitrogens is 1. The van der Waals surface area contributed by atoms with Crippen LogP contribution in [0.4, 0.5) is 0 Å². The largest absolute Gasteiger partial charge is 0.493 e. The van der Waals surface area contributed by atoms with Crippen molar-refractivity contribution in [1.29, 1.82) is 0 Å². The van der Waals surface area contributed by atoms with E-state index in [0.717, 1.165) is 36.2 Å². The first-order valence-corrected chi connectivity index (χ1v) is 6.53. The topological polar surface area (TPSA) is 34.1 Å². The highest BCUT2D eigenvalue weighted by Gasteiger charge is 2.01. The molecule has 96 valence electrons. The van der Waals surface area contributed by atoms with Gasteiger partial charge < -0.3 is 10.1 Å². The Balaban J connectivity index is 1.88. The maximum atomic E-state index is 5.84. The fourth-order valence-electron chi connectivity index (χ4n) is 1.96. The van der Waals surface area contributed by atoms with Gasteiger partial charge in [0.05, 0.1) is 12.1 Å². The zero-order chi connectivity index (χ0) is 12.6. The van der Waals surface area contributed by atoms with Crippen molar-refractivity contribution in [1.82, 2.24) is 10.3 Å². The lowest BCUT2D eigenvalue weighted by atomic mass is 10.2. The van der Waals surface area contributed by atoms with Crippen molar-refractivity contribution in [3.8, 4) is 5.75 Å².